The van der Waals surface area contributed by atoms with Crippen molar-refractivity contribution in [3.8, 4) is 11.1 Å². The Bertz CT molecular complexity index is 840. The number of carbonyl (C=O) groups excluding carboxylic acids is 1. The first-order valence-corrected chi connectivity index (χ1v) is 7.57. The van der Waals surface area contributed by atoms with E-state index in [0.717, 1.165) is 29.0 Å². The summed E-state index contributed by atoms with van der Waals surface area (Å²) in [5, 5.41) is 6.32. The molecule has 0 atom stereocenters. The van der Waals surface area contributed by atoms with Gasteiger partial charge in [0.2, 0.25) is 0 Å². The molecule has 0 aliphatic carbocycles. The lowest BCUT2D eigenvalue weighted by atomic mass is 10.1. The van der Waals surface area contributed by atoms with Crippen LogP contribution in [0.5, 0.6) is 0 Å². The number of carbonyl (C=O) groups is 1. The van der Waals surface area contributed by atoms with Crippen molar-refractivity contribution in [2.24, 2.45) is 0 Å². The van der Waals surface area contributed by atoms with E-state index < -0.39 is 0 Å². The standard InChI is InChI=1S/C18H16N4O/c23-18-17-16(21-14-4-2-1-3-5-14)15(12-22(17)11-10-20-18)13-6-8-19-9-7-13/h1-9,12,21H,10-11H2,(H,20,23). The molecule has 0 saturated carbocycles. The zero-order chi connectivity index (χ0) is 15.6. The third kappa shape index (κ3) is 2.46. The summed E-state index contributed by atoms with van der Waals surface area (Å²) in [6.45, 7) is 1.43. The molecule has 2 aromatic heterocycles. The molecule has 1 aliphatic heterocycles. The zero-order valence-electron chi connectivity index (χ0n) is 12.5. The number of benzene rings is 1. The molecule has 1 amide bonds. The molecule has 23 heavy (non-hydrogen) atoms. The molecule has 3 aromatic rings. The van der Waals surface area contributed by atoms with Crippen LogP contribution in [-0.4, -0.2) is 22.0 Å². The van der Waals surface area contributed by atoms with E-state index in [2.05, 4.69) is 15.6 Å². The lowest BCUT2D eigenvalue weighted by molar-refractivity contribution is 0.0929. The number of amides is 1. The fraction of sp³-hybridized carbons (Fsp3) is 0.111. The van der Waals surface area contributed by atoms with E-state index in [1.807, 2.05) is 53.2 Å². The van der Waals surface area contributed by atoms with E-state index in [9.17, 15) is 4.79 Å². The minimum atomic E-state index is -0.0463. The fourth-order valence-electron chi connectivity index (χ4n) is 2.89. The van der Waals surface area contributed by atoms with Gasteiger partial charge in [-0.15, -0.1) is 0 Å². The first kappa shape index (κ1) is 13.6. The lowest BCUT2D eigenvalue weighted by Crippen LogP contribution is -2.35. The van der Waals surface area contributed by atoms with Crippen LogP contribution >= 0.6 is 0 Å². The van der Waals surface area contributed by atoms with Crippen molar-refractivity contribution in [2.45, 2.75) is 6.54 Å². The maximum atomic E-state index is 12.4. The molecule has 0 saturated heterocycles. The average molecular weight is 304 g/mol. The molecule has 5 heteroatoms. The molecule has 2 N–H and O–H groups in total. The maximum Gasteiger partial charge on any atom is 0.270 e. The second kappa shape index (κ2) is 5.61. The van der Waals surface area contributed by atoms with Gasteiger partial charge in [0.15, 0.2) is 0 Å². The Morgan fingerprint density at radius 3 is 2.65 bits per heavy atom. The number of hydrogen-bond acceptors (Lipinski definition) is 3. The molecular formula is C18H16N4O. The fourth-order valence-corrected chi connectivity index (χ4v) is 2.89. The number of nitrogens with zero attached hydrogens (tertiary/aromatic N) is 2. The summed E-state index contributed by atoms with van der Waals surface area (Å²) in [7, 11) is 0. The van der Waals surface area contributed by atoms with Gasteiger partial charge in [0.25, 0.3) is 5.91 Å². The van der Waals surface area contributed by atoms with Crippen molar-refractivity contribution in [1.82, 2.24) is 14.9 Å². The summed E-state index contributed by atoms with van der Waals surface area (Å²) >= 11 is 0. The number of pyridine rings is 1. The van der Waals surface area contributed by atoms with Crippen molar-refractivity contribution >= 4 is 17.3 Å². The van der Waals surface area contributed by atoms with Crippen LogP contribution < -0.4 is 10.6 Å². The maximum absolute atomic E-state index is 12.4. The van der Waals surface area contributed by atoms with Gasteiger partial charge in [-0.25, -0.2) is 0 Å². The van der Waals surface area contributed by atoms with Crippen LogP contribution in [0.2, 0.25) is 0 Å². The molecule has 1 aliphatic rings. The van der Waals surface area contributed by atoms with Crippen LogP contribution in [0, 0.1) is 0 Å². The summed E-state index contributed by atoms with van der Waals surface area (Å²) in [4.78, 5) is 16.4. The summed E-state index contributed by atoms with van der Waals surface area (Å²) in [6.07, 6.45) is 5.56. The second-order valence-electron chi connectivity index (χ2n) is 5.44. The summed E-state index contributed by atoms with van der Waals surface area (Å²) in [6, 6.07) is 13.8. The van der Waals surface area contributed by atoms with Gasteiger partial charge in [-0.2, -0.15) is 0 Å². The number of anilines is 2. The average Bonchev–Trinajstić information content (AvgIpc) is 2.96. The Labute approximate surface area is 134 Å². The van der Waals surface area contributed by atoms with Crippen molar-refractivity contribution < 1.29 is 4.79 Å². The highest BCUT2D eigenvalue weighted by Gasteiger charge is 2.25. The SMILES string of the molecule is O=C1NCCn2cc(-c3ccncc3)c(Nc3ccccc3)c21. The third-order valence-corrected chi connectivity index (χ3v) is 3.97. The minimum Gasteiger partial charge on any atom is -0.353 e. The Kier molecular flexibility index (Phi) is 3.31. The normalized spacial score (nSPS) is 13.3. The minimum absolute atomic E-state index is 0.0463. The van der Waals surface area contributed by atoms with Crippen molar-refractivity contribution in [3.63, 3.8) is 0 Å². The van der Waals surface area contributed by atoms with E-state index in [1.54, 1.807) is 12.4 Å². The van der Waals surface area contributed by atoms with Crippen LogP contribution in [-0.2, 0) is 6.54 Å². The Balaban J connectivity index is 1.87. The number of hydrogen-bond donors (Lipinski definition) is 2. The molecule has 0 fully saturated rings. The van der Waals surface area contributed by atoms with Gasteiger partial charge in [0.1, 0.15) is 5.69 Å². The van der Waals surface area contributed by atoms with Crippen molar-refractivity contribution in [1.29, 1.82) is 0 Å². The summed E-state index contributed by atoms with van der Waals surface area (Å²) in [5.41, 5.74) is 4.50. The largest absolute Gasteiger partial charge is 0.353 e. The summed E-state index contributed by atoms with van der Waals surface area (Å²) in [5.74, 6) is -0.0463. The number of fused-ring (bicyclic) bond motifs is 1. The van der Waals surface area contributed by atoms with Gasteiger partial charge in [0.05, 0.1) is 5.69 Å². The van der Waals surface area contributed by atoms with Gasteiger partial charge >= 0.3 is 0 Å². The molecular weight excluding hydrogens is 288 g/mol. The summed E-state index contributed by atoms with van der Waals surface area (Å²) < 4.78 is 2.01. The molecule has 3 heterocycles. The van der Waals surface area contributed by atoms with E-state index in [-0.39, 0.29) is 5.91 Å². The van der Waals surface area contributed by atoms with Crippen molar-refractivity contribution in [3.05, 3.63) is 66.7 Å². The van der Waals surface area contributed by atoms with Gasteiger partial charge in [-0.3, -0.25) is 9.78 Å². The molecule has 0 unspecified atom stereocenters. The van der Waals surface area contributed by atoms with Crippen LogP contribution in [0.3, 0.4) is 0 Å². The van der Waals surface area contributed by atoms with Gasteiger partial charge in [-0.05, 0) is 29.8 Å². The first-order valence-electron chi connectivity index (χ1n) is 7.57. The lowest BCUT2D eigenvalue weighted by Gasteiger charge is -2.17. The van der Waals surface area contributed by atoms with Crippen LogP contribution in [0.4, 0.5) is 11.4 Å². The molecule has 0 radical (unpaired) electrons. The van der Waals surface area contributed by atoms with Gasteiger partial charge < -0.3 is 15.2 Å². The highest BCUT2D eigenvalue weighted by atomic mass is 16.2. The second-order valence-corrected chi connectivity index (χ2v) is 5.44. The van der Waals surface area contributed by atoms with Crippen molar-refractivity contribution in [2.75, 3.05) is 11.9 Å². The first-order chi connectivity index (χ1) is 11.3. The van der Waals surface area contributed by atoms with E-state index in [4.69, 9.17) is 0 Å². The molecule has 1 aromatic carbocycles. The van der Waals surface area contributed by atoms with E-state index in [1.165, 1.54) is 0 Å². The Hall–Kier alpha value is -3.08. The van der Waals surface area contributed by atoms with Crippen LogP contribution in [0.1, 0.15) is 10.5 Å². The van der Waals surface area contributed by atoms with E-state index >= 15 is 0 Å². The molecule has 0 bridgehead atoms. The van der Waals surface area contributed by atoms with Gasteiger partial charge in [0, 0.05) is 42.9 Å². The third-order valence-electron chi connectivity index (χ3n) is 3.97. The molecule has 114 valence electrons. The smallest absolute Gasteiger partial charge is 0.270 e. The molecule has 4 rings (SSSR count). The topological polar surface area (TPSA) is 59.0 Å². The molecule has 0 spiro atoms. The molecule has 5 nitrogen and oxygen atoms in total. The zero-order valence-corrected chi connectivity index (χ0v) is 12.5. The van der Waals surface area contributed by atoms with E-state index in [0.29, 0.717) is 12.2 Å². The highest BCUT2D eigenvalue weighted by molar-refractivity contribution is 6.04. The predicted octanol–water partition coefficient (Wildman–Crippen LogP) is 3.04. The van der Waals surface area contributed by atoms with Crippen LogP contribution in [0.15, 0.2) is 61.1 Å². The quantitative estimate of drug-likeness (QED) is 0.782. The number of aromatic nitrogens is 2. The monoisotopic (exact) mass is 304 g/mol. The number of nitrogens with one attached hydrogen (secondary N) is 2. The number of para-hydroxylation sites is 1. The number of rotatable bonds is 3. The van der Waals surface area contributed by atoms with Crippen LogP contribution in [0.25, 0.3) is 11.1 Å². The predicted molar refractivity (Wildman–Crippen MR) is 89.7 cm³/mol. The Morgan fingerprint density at radius 1 is 1.09 bits per heavy atom. The van der Waals surface area contributed by atoms with Gasteiger partial charge in [-0.1, -0.05) is 18.2 Å². The highest BCUT2D eigenvalue weighted by Crippen LogP contribution is 2.35. The Morgan fingerprint density at radius 2 is 1.87 bits per heavy atom.